The molecule has 1 N–H and O–H groups in total. The number of carbonyl (C=O) groups excluding carboxylic acids is 1. The first kappa shape index (κ1) is 15.3. The number of hydrogen-bond acceptors (Lipinski definition) is 3. The molecule has 2 atom stereocenters. The summed E-state index contributed by atoms with van der Waals surface area (Å²) in [5.74, 6) is 1.72. The third-order valence-corrected chi connectivity index (χ3v) is 5.02. The number of aryl methyl sites for hydroxylation is 1. The monoisotopic (exact) mass is 305 g/mol. The van der Waals surface area contributed by atoms with E-state index in [2.05, 4.69) is 33.6 Å². The highest BCUT2D eigenvalue weighted by Gasteiger charge is 2.34. The first-order valence-corrected chi connectivity index (χ1v) is 8.36. The molecule has 1 saturated heterocycles. The first-order chi connectivity index (χ1) is 10.6. The summed E-state index contributed by atoms with van der Waals surface area (Å²) in [6.07, 6.45) is 6.30. The second kappa shape index (κ2) is 6.28. The SMILES string of the molecule is CCN1CCN(C(=O)NC(C)C2CC2)CC1c1nccn1C. The highest BCUT2D eigenvalue weighted by molar-refractivity contribution is 5.74. The molecule has 2 unspecified atom stereocenters. The van der Waals surface area contributed by atoms with Gasteiger partial charge in [-0.25, -0.2) is 9.78 Å². The van der Waals surface area contributed by atoms with Gasteiger partial charge in [-0.2, -0.15) is 0 Å². The van der Waals surface area contributed by atoms with Crippen LogP contribution in [-0.2, 0) is 7.05 Å². The summed E-state index contributed by atoms with van der Waals surface area (Å²) >= 11 is 0. The molecular formula is C16H27N5O. The molecule has 22 heavy (non-hydrogen) atoms. The highest BCUT2D eigenvalue weighted by atomic mass is 16.2. The Balaban J connectivity index is 1.67. The van der Waals surface area contributed by atoms with Gasteiger partial charge in [0.15, 0.2) is 0 Å². The van der Waals surface area contributed by atoms with Gasteiger partial charge in [0.1, 0.15) is 5.82 Å². The maximum atomic E-state index is 12.5. The number of aromatic nitrogens is 2. The van der Waals surface area contributed by atoms with Gasteiger partial charge < -0.3 is 14.8 Å². The van der Waals surface area contributed by atoms with Crippen LogP contribution in [0.5, 0.6) is 0 Å². The number of rotatable bonds is 4. The Labute approximate surface area is 132 Å². The third-order valence-electron chi connectivity index (χ3n) is 5.02. The maximum absolute atomic E-state index is 12.5. The molecule has 2 amide bonds. The lowest BCUT2D eigenvalue weighted by Gasteiger charge is -2.40. The highest BCUT2D eigenvalue weighted by Crippen LogP contribution is 2.32. The molecule has 0 bridgehead atoms. The lowest BCUT2D eigenvalue weighted by atomic mass is 10.1. The summed E-state index contributed by atoms with van der Waals surface area (Å²) in [4.78, 5) is 21.3. The van der Waals surface area contributed by atoms with Gasteiger partial charge in [0.05, 0.1) is 6.04 Å². The van der Waals surface area contributed by atoms with Crippen LogP contribution in [0.4, 0.5) is 4.79 Å². The number of imidazole rings is 1. The second-order valence-electron chi connectivity index (χ2n) is 6.56. The van der Waals surface area contributed by atoms with Crippen molar-refractivity contribution in [2.75, 3.05) is 26.2 Å². The lowest BCUT2D eigenvalue weighted by Crippen LogP contribution is -2.54. The van der Waals surface area contributed by atoms with E-state index in [4.69, 9.17) is 0 Å². The number of nitrogens with zero attached hydrogens (tertiary/aromatic N) is 4. The molecule has 2 heterocycles. The summed E-state index contributed by atoms with van der Waals surface area (Å²) in [5.41, 5.74) is 0. The number of hydrogen-bond donors (Lipinski definition) is 1. The first-order valence-electron chi connectivity index (χ1n) is 8.36. The molecule has 1 aliphatic carbocycles. The molecule has 2 aliphatic rings. The van der Waals surface area contributed by atoms with Gasteiger partial charge in [-0.15, -0.1) is 0 Å². The van der Waals surface area contributed by atoms with E-state index in [0.717, 1.165) is 25.5 Å². The average molecular weight is 305 g/mol. The minimum absolute atomic E-state index is 0.0781. The second-order valence-corrected chi connectivity index (χ2v) is 6.56. The van der Waals surface area contributed by atoms with E-state index in [9.17, 15) is 4.79 Å². The third kappa shape index (κ3) is 3.11. The zero-order valence-electron chi connectivity index (χ0n) is 13.8. The van der Waals surface area contributed by atoms with Crippen molar-refractivity contribution in [1.29, 1.82) is 0 Å². The van der Waals surface area contributed by atoms with Crippen LogP contribution >= 0.6 is 0 Å². The van der Waals surface area contributed by atoms with Crippen LogP contribution in [-0.4, -0.2) is 57.6 Å². The predicted octanol–water partition coefficient (Wildman–Crippen LogP) is 1.61. The van der Waals surface area contributed by atoms with E-state index in [-0.39, 0.29) is 12.1 Å². The molecule has 2 fully saturated rings. The van der Waals surface area contributed by atoms with Crippen molar-refractivity contribution < 1.29 is 4.79 Å². The van der Waals surface area contributed by atoms with Crippen molar-refractivity contribution in [3.05, 3.63) is 18.2 Å². The van der Waals surface area contributed by atoms with E-state index in [1.54, 1.807) is 0 Å². The topological polar surface area (TPSA) is 53.4 Å². The van der Waals surface area contributed by atoms with E-state index in [1.807, 2.05) is 24.3 Å². The summed E-state index contributed by atoms with van der Waals surface area (Å²) in [5, 5.41) is 3.17. The van der Waals surface area contributed by atoms with Crippen LogP contribution in [0.15, 0.2) is 12.4 Å². The quantitative estimate of drug-likeness (QED) is 0.919. The molecule has 0 spiro atoms. The van der Waals surface area contributed by atoms with Crippen LogP contribution in [0, 0.1) is 5.92 Å². The molecule has 0 radical (unpaired) electrons. The van der Waals surface area contributed by atoms with E-state index >= 15 is 0 Å². The number of likely N-dealkylation sites (N-methyl/N-ethyl adjacent to an activating group) is 1. The van der Waals surface area contributed by atoms with Gasteiger partial charge in [0.25, 0.3) is 0 Å². The lowest BCUT2D eigenvalue weighted by molar-refractivity contribution is 0.0867. The molecule has 1 aromatic heterocycles. The Hall–Kier alpha value is -1.56. The molecule has 1 saturated carbocycles. The number of carbonyl (C=O) groups is 1. The van der Waals surface area contributed by atoms with Crippen molar-refractivity contribution >= 4 is 6.03 Å². The van der Waals surface area contributed by atoms with Gasteiger partial charge >= 0.3 is 6.03 Å². The Morgan fingerprint density at radius 1 is 1.45 bits per heavy atom. The number of piperazine rings is 1. The van der Waals surface area contributed by atoms with Gasteiger partial charge in [0, 0.05) is 45.1 Å². The summed E-state index contributed by atoms with van der Waals surface area (Å²) in [6.45, 7) is 7.67. The van der Waals surface area contributed by atoms with Gasteiger partial charge in [-0.3, -0.25) is 4.90 Å². The fourth-order valence-corrected chi connectivity index (χ4v) is 3.33. The van der Waals surface area contributed by atoms with Gasteiger partial charge in [0.2, 0.25) is 0 Å². The molecule has 6 heteroatoms. The molecule has 3 rings (SSSR count). The van der Waals surface area contributed by atoms with E-state index in [1.165, 1.54) is 12.8 Å². The predicted molar refractivity (Wildman–Crippen MR) is 85.5 cm³/mol. The summed E-state index contributed by atoms with van der Waals surface area (Å²) < 4.78 is 2.06. The number of nitrogens with one attached hydrogen (secondary N) is 1. The van der Waals surface area contributed by atoms with E-state index < -0.39 is 0 Å². The molecular weight excluding hydrogens is 278 g/mol. The molecule has 6 nitrogen and oxygen atoms in total. The standard InChI is InChI=1S/C16H27N5O/c1-4-20-9-10-21(16(22)18-12(2)13-5-6-13)11-14(20)15-17-7-8-19(15)3/h7-8,12-14H,4-6,9-11H2,1-3H3,(H,18,22). The minimum atomic E-state index is 0.0781. The van der Waals surface area contributed by atoms with Crippen molar-refractivity contribution in [3.8, 4) is 0 Å². The normalized spacial score (nSPS) is 24.3. The van der Waals surface area contributed by atoms with Crippen molar-refractivity contribution in [1.82, 2.24) is 24.7 Å². The number of amides is 2. The van der Waals surface area contributed by atoms with Crippen LogP contribution in [0.25, 0.3) is 0 Å². The fourth-order valence-electron chi connectivity index (χ4n) is 3.33. The van der Waals surface area contributed by atoms with Crippen molar-refractivity contribution in [2.45, 2.75) is 38.8 Å². The Morgan fingerprint density at radius 3 is 2.82 bits per heavy atom. The molecule has 0 aromatic carbocycles. The fraction of sp³-hybridized carbons (Fsp3) is 0.750. The molecule has 122 valence electrons. The van der Waals surface area contributed by atoms with Gasteiger partial charge in [-0.1, -0.05) is 6.92 Å². The maximum Gasteiger partial charge on any atom is 0.317 e. The Kier molecular flexibility index (Phi) is 4.38. The largest absolute Gasteiger partial charge is 0.337 e. The minimum Gasteiger partial charge on any atom is -0.337 e. The van der Waals surface area contributed by atoms with Gasteiger partial charge in [-0.05, 0) is 32.2 Å². The van der Waals surface area contributed by atoms with Crippen molar-refractivity contribution in [3.63, 3.8) is 0 Å². The molecule has 1 aliphatic heterocycles. The van der Waals surface area contributed by atoms with Crippen LogP contribution in [0.1, 0.15) is 38.6 Å². The van der Waals surface area contributed by atoms with E-state index in [0.29, 0.717) is 18.5 Å². The van der Waals surface area contributed by atoms with Crippen LogP contribution < -0.4 is 5.32 Å². The smallest absolute Gasteiger partial charge is 0.317 e. The summed E-state index contributed by atoms with van der Waals surface area (Å²) in [6, 6.07) is 0.554. The van der Waals surface area contributed by atoms with Crippen molar-refractivity contribution in [2.24, 2.45) is 13.0 Å². The zero-order chi connectivity index (χ0) is 15.7. The number of urea groups is 1. The average Bonchev–Trinajstić information content (AvgIpc) is 3.29. The van der Waals surface area contributed by atoms with Crippen LogP contribution in [0.2, 0.25) is 0 Å². The Bertz CT molecular complexity index is 524. The molecule has 1 aromatic rings. The van der Waals surface area contributed by atoms with Crippen LogP contribution in [0.3, 0.4) is 0 Å². The zero-order valence-corrected chi connectivity index (χ0v) is 13.8. The summed E-state index contributed by atoms with van der Waals surface area (Å²) in [7, 11) is 2.02. The Morgan fingerprint density at radius 2 is 2.23 bits per heavy atom.